The van der Waals surface area contributed by atoms with Gasteiger partial charge in [0.05, 0.1) is 23.2 Å². The molecule has 0 atom stereocenters. The fraction of sp³-hybridized carbons (Fsp3) is 0.190. The normalized spacial score (nSPS) is 10.8. The van der Waals surface area contributed by atoms with E-state index in [-0.39, 0.29) is 34.1 Å². The summed E-state index contributed by atoms with van der Waals surface area (Å²) < 4.78 is 26.3. The molecule has 10 heteroatoms. The van der Waals surface area contributed by atoms with Crippen molar-refractivity contribution < 1.29 is 18.4 Å². The first-order valence-electron chi connectivity index (χ1n) is 9.13. The molecule has 0 radical (unpaired) electrons. The summed E-state index contributed by atoms with van der Waals surface area (Å²) in [5.41, 5.74) is 1.32. The van der Waals surface area contributed by atoms with Crippen molar-refractivity contribution in [2.45, 2.75) is 17.7 Å². The smallest absolute Gasteiger partial charge is 0.274 e. The van der Waals surface area contributed by atoms with Crippen molar-refractivity contribution in [3.8, 4) is 6.07 Å². The lowest BCUT2D eigenvalue weighted by atomic mass is 10.1. The fourth-order valence-corrected chi connectivity index (χ4v) is 5.17. The molecular weight excluding hydrogens is 438 g/mol. The average Bonchev–Trinajstić information content (AvgIpc) is 3.30. The molecule has 1 heterocycles. The van der Waals surface area contributed by atoms with Gasteiger partial charge in [-0.25, -0.2) is 8.42 Å². The lowest BCUT2D eigenvalue weighted by Crippen LogP contribution is -2.33. The molecule has 0 fully saturated rings. The van der Waals surface area contributed by atoms with Crippen LogP contribution in [-0.2, 0) is 16.6 Å². The molecular formula is C21H21N3O5S2. The summed E-state index contributed by atoms with van der Waals surface area (Å²) in [5.74, 6) is 0. The van der Waals surface area contributed by atoms with Crippen molar-refractivity contribution in [3.05, 3.63) is 92.8 Å². The van der Waals surface area contributed by atoms with E-state index in [4.69, 9.17) is 10.4 Å². The molecule has 0 aliphatic heterocycles. The number of benzene rings is 2. The van der Waals surface area contributed by atoms with Crippen molar-refractivity contribution in [3.63, 3.8) is 0 Å². The molecule has 1 N–H and O–H groups in total. The molecule has 1 aromatic heterocycles. The topological polar surface area (TPSA) is 125 Å². The molecule has 0 spiro atoms. The van der Waals surface area contributed by atoms with Crippen LogP contribution in [0.4, 0.5) is 5.69 Å². The van der Waals surface area contributed by atoms with Crippen LogP contribution in [0.25, 0.3) is 0 Å². The zero-order chi connectivity index (χ0) is 22.9. The van der Waals surface area contributed by atoms with E-state index in [0.717, 1.165) is 15.6 Å². The van der Waals surface area contributed by atoms with Gasteiger partial charge >= 0.3 is 0 Å². The zero-order valence-corrected chi connectivity index (χ0v) is 18.3. The van der Waals surface area contributed by atoms with Crippen molar-refractivity contribution in [2.75, 3.05) is 13.2 Å². The molecule has 3 aromatic rings. The second-order valence-electron chi connectivity index (χ2n) is 6.36. The quantitative estimate of drug-likeness (QED) is 0.424. The zero-order valence-electron chi connectivity index (χ0n) is 16.7. The van der Waals surface area contributed by atoms with Gasteiger partial charge in [0.2, 0.25) is 0 Å². The van der Waals surface area contributed by atoms with Crippen LogP contribution in [0.3, 0.4) is 0 Å². The molecule has 0 bridgehead atoms. The van der Waals surface area contributed by atoms with E-state index >= 15 is 0 Å². The summed E-state index contributed by atoms with van der Waals surface area (Å²) in [5, 5.41) is 30.9. The Morgan fingerprint density at radius 3 is 2.35 bits per heavy atom. The summed E-state index contributed by atoms with van der Waals surface area (Å²) in [6, 6.07) is 18.9. The molecule has 0 unspecified atom stereocenters. The van der Waals surface area contributed by atoms with E-state index in [1.165, 1.54) is 29.8 Å². The van der Waals surface area contributed by atoms with Gasteiger partial charge in [-0.3, -0.25) is 10.1 Å². The molecule has 0 aliphatic carbocycles. The Morgan fingerprint density at radius 2 is 1.87 bits per heavy atom. The highest BCUT2D eigenvalue weighted by Gasteiger charge is 2.28. The molecule has 8 nitrogen and oxygen atoms in total. The number of rotatable bonds is 7. The van der Waals surface area contributed by atoms with Crippen molar-refractivity contribution in [1.29, 1.82) is 5.26 Å². The van der Waals surface area contributed by atoms with Gasteiger partial charge in [0.1, 0.15) is 4.21 Å². The van der Waals surface area contributed by atoms with Crippen molar-refractivity contribution >= 4 is 27.0 Å². The number of nitro groups is 1. The number of sulfonamides is 1. The van der Waals surface area contributed by atoms with Crippen LogP contribution in [-0.4, -0.2) is 35.9 Å². The molecule has 31 heavy (non-hydrogen) atoms. The van der Waals surface area contributed by atoms with E-state index in [0.29, 0.717) is 0 Å². The van der Waals surface area contributed by atoms with Gasteiger partial charge in [-0.15, -0.1) is 11.3 Å². The first-order chi connectivity index (χ1) is 14.8. The monoisotopic (exact) mass is 459 g/mol. The van der Waals surface area contributed by atoms with Gasteiger partial charge in [0.15, 0.2) is 0 Å². The Bertz CT molecular complexity index is 1140. The number of thiophene rings is 1. The van der Waals surface area contributed by atoms with E-state index in [1.54, 1.807) is 11.4 Å². The first-order valence-corrected chi connectivity index (χ1v) is 11.4. The number of hydrogen-bond acceptors (Lipinski definition) is 7. The number of aryl methyl sites for hydroxylation is 1. The second kappa shape index (κ2) is 11.3. The van der Waals surface area contributed by atoms with E-state index in [2.05, 4.69) is 19.1 Å². The van der Waals surface area contributed by atoms with Crippen molar-refractivity contribution in [1.82, 2.24) is 4.31 Å². The molecule has 3 rings (SSSR count). The summed E-state index contributed by atoms with van der Waals surface area (Å²) in [6.45, 7) is 1.12. The number of aliphatic hydroxyl groups is 1. The lowest BCUT2D eigenvalue weighted by Gasteiger charge is -2.20. The van der Waals surface area contributed by atoms with Crippen LogP contribution >= 0.6 is 11.3 Å². The summed E-state index contributed by atoms with van der Waals surface area (Å²) >= 11 is 1.02. The minimum Gasteiger partial charge on any atom is -0.395 e. The standard InChI is InChI=1S/C14H13N3O5S2.C7H8/c15-9-11-3-4-13(17(19)20)12(8-11)10-16(5-6-18)24(21,22)14-2-1-7-23-14;1-7-5-3-2-4-6-7/h1-4,7-8,18H,5-6,10H2;2-6H,1H3. The number of nitrogens with zero attached hydrogens (tertiary/aromatic N) is 3. The summed E-state index contributed by atoms with van der Waals surface area (Å²) in [6.07, 6.45) is 0. The van der Waals surface area contributed by atoms with Gasteiger partial charge in [0, 0.05) is 24.7 Å². The maximum Gasteiger partial charge on any atom is 0.274 e. The largest absolute Gasteiger partial charge is 0.395 e. The predicted octanol–water partition coefficient (Wildman–Crippen LogP) is 3.71. The lowest BCUT2D eigenvalue weighted by molar-refractivity contribution is -0.385. The highest BCUT2D eigenvalue weighted by molar-refractivity contribution is 7.91. The Hall–Kier alpha value is -3.10. The van der Waals surface area contributed by atoms with Crippen LogP contribution in [0.15, 0.2) is 70.3 Å². The minimum absolute atomic E-state index is 0.0787. The second-order valence-corrected chi connectivity index (χ2v) is 9.47. The third-order valence-corrected chi connectivity index (χ3v) is 7.35. The molecule has 0 amide bonds. The number of nitriles is 1. The summed E-state index contributed by atoms with van der Waals surface area (Å²) in [7, 11) is -3.89. The van der Waals surface area contributed by atoms with Crippen LogP contribution in [0.1, 0.15) is 16.7 Å². The first kappa shape index (κ1) is 24.2. The summed E-state index contributed by atoms with van der Waals surface area (Å²) in [4.78, 5) is 10.5. The molecule has 2 aromatic carbocycles. The van der Waals surface area contributed by atoms with Gasteiger partial charge in [0.25, 0.3) is 15.7 Å². The molecule has 0 aliphatic rings. The third-order valence-electron chi connectivity index (χ3n) is 4.13. The fourth-order valence-electron chi connectivity index (χ4n) is 2.62. The van der Waals surface area contributed by atoms with Crippen LogP contribution in [0, 0.1) is 28.4 Å². The number of nitro benzene ring substituents is 1. The van der Waals surface area contributed by atoms with Crippen LogP contribution in [0.2, 0.25) is 0 Å². The van der Waals surface area contributed by atoms with E-state index in [1.807, 2.05) is 24.3 Å². The van der Waals surface area contributed by atoms with Gasteiger partial charge < -0.3 is 5.11 Å². The maximum absolute atomic E-state index is 12.6. The van der Waals surface area contributed by atoms with Crippen LogP contribution < -0.4 is 0 Å². The number of aliphatic hydroxyl groups excluding tert-OH is 1. The van der Waals surface area contributed by atoms with Crippen molar-refractivity contribution in [2.24, 2.45) is 0 Å². The molecule has 0 saturated carbocycles. The van der Waals surface area contributed by atoms with Gasteiger partial charge in [-0.1, -0.05) is 42.0 Å². The third kappa shape index (κ3) is 6.70. The predicted molar refractivity (Wildman–Crippen MR) is 118 cm³/mol. The Morgan fingerprint density at radius 1 is 1.16 bits per heavy atom. The highest BCUT2D eigenvalue weighted by Crippen LogP contribution is 2.26. The SMILES string of the molecule is Cc1ccccc1.N#Cc1ccc([N+](=O)[O-])c(CN(CCO)S(=O)(=O)c2cccs2)c1. The maximum atomic E-state index is 12.6. The van der Waals surface area contributed by atoms with Crippen LogP contribution in [0.5, 0.6) is 0 Å². The Balaban J connectivity index is 0.000000412. The van der Waals surface area contributed by atoms with E-state index < -0.39 is 21.6 Å². The Kier molecular flexibility index (Phi) is 8.84. The molecule has 162 valence electrons. The number of hydrogen-bond donors (Lipinski definition) is 1. The average molecular weight is 460 g/mol. The van der Waals surface area contributed by atoms with E-state index in [9.17, 15) is 18.5 Å². The minimum atomic E-state index is -3.89. The van der Waals surface area contributed by atoms with Gasteiger partial charge in [-0.05, 0) is 30.5 Å². The highest BCUT2D eigenvalue weighted by atomic mass is 32.2. The van der Waals surface area contributed by atoms with Gasteiger partial charge in [-0.2, -0.15) is 9.57 Å². The Labute approximate surface area is 184 Å². The molecule has 0 saturated heterocycles.